The molecular formula is C14H19N3O2. The minimum Gasteiger partial charge on any atom is -0.424 e. The van der Waals surface area contributed by atoms with Gasteiger partial charge in [0.1, 0.15) is 5.52 Å². The Balaban J connectivity index is 1.62. The van der Waals surface area contributed by atoms with Gasteiger partial charge in [0.15, 0.2) is 5.58 Å². The number of nitrogen functional groups attached to an aromatic ring is 1. The lowest BCUT2D eigenvalue weighted by Gasteiger charge is -2.25. The Morgan fingerprint density at radius 2 is 2.11 bits per heavy atom. The van der Waals surface area contributed by atoms with Gasteiger partial charge in [0.25, 0.3) is 6.01 Å². The highest BCUT2D eigenvalue weighted by atomic mass is 16.4. The smallest absolute Gasteiger partial charge is 0.295 e. The number of hydrogen-bond donors (Lipinski definition) is 3. The fourth-order valence-corrected chi connectivity index (χ4v) is 2.60. The first-order chi connectivity index (χ1) is 9.20. The van der Waals surface area contributed by atoms with E-state index in [2.05, 4.69) is 10.3 Å². The molecule has 1 saturated carbocycles. The number of aliphatic hydroxyl groups is 1. The molecule has 0 radical (unpaired) electrons. The lowest BCUT2D eigenvalue weighted by molar-refractivity contribution is 0.111. The third kappa shape index (κ3) is 2.81. The summed E-state index contributed by atoms with van der Waals surface area (Å²) in [6.07, 6.45) is 3.80. The van der Waals surface area contributed by atoms with Crippen molar-refractivity contribution in [3.63, 3.8) is 0 Å². The normalized spacial score (nSPS) is 23.6. The number of anilines is 2. The monoisotopic (exact) mass is 261 g/mol. The van der Waals surface area contributed by atoms with Crippen molar-refractivity contribution in [3.05, 3.63) is 18.2 Å². The van der Waals surface area contributed by atoms with E-state index in [4.69, 9.17) is 10.2 Å². The zero-order chi connectivity index (χ0) is 13.2. The molecule has 0 saturated heterocycles. The van der Waals surface area contributed by atoms with Gasteiger partial charge in [-0.1, -0.05) is 0 Å². The second kappa shape index (κ2) is 5.09. The highest BCUT2D eigenvalue weighted by molar-refractivity contribution is 5.78. The quantitative estimate of drug-likeness (QED) is 0.739. The first-order valence-electron chi connectivity index (χ1n) is 6.79. The van der Waals surface area contributed by atoms with Crippen LogP contribution in [0.25, 0.3) is 11.1 Å². The minimum atomic E-state index is -0.108. The van der Waals surface area contributed by atoms with Gasteiger partial charge < -0.3 is 20.6 Å². The van der Waals surface area contributed by atoms with Crippen molar-refractivity contribution >= 4 is 22.8 Å². The third-order valence-electron chi connectivity index (χ3n) is 3.77. The van der Waals surface area contributed by atoms with Crippen LogP contribution in [-0.4, -0.2) is 22.7 Å². The summed E-state index contributed by atoms with van der Waals surface area (Å²) in [4.78, 5) is 4.37. The van der Waals surface area contributed by atoms with Crippen LogP contribution in [0.2, 0.25) is 0 Å². The first-order valence-corrected chi connectivity index (χ1v) is 6.79. The Morgan fingerprint density at radius 1 is 1.32 bits per heavy atom. The Morgan fingerprint density at radius 3 is 2.89 bits per heavy atom. The second-order valence-electron chi connectivity index (χ2n) is 5.30. The lowest BCUT2D eigenvalue weighted by atomic mass is 9.87. The number of hydrogen-bond acceptors (Lipinski definition) is 5. The van der Waals surface area contributed by atoms with Gasteiger partial charge in [0, 0.05) is 12.2 Å². The molecule has 19 heavy (non-hydrogen) atoms. The molecule has 1 fully saturated rings. The van der Waals surface area contributed by atoms with Crippen LogP contribution in [0.15, 0.2) is 22.6 Å². The molecule has 1 heterocycles. The van der Waals surface area contributed by atoms with E-state index in [1.165, 1.54) is 0 Å². The lowest BCUT2D eigenvalue weighted by Crippen LogP contribution is -2.23. The zero-order valence-electron chi connectivity index (χ0n) is 10.8. The summed E-state index contributed by atoms with van der Waals surface area (Å²) in [5.74, 6) is 0.587. The maximum absolute atomic E-state index is 9.47. The summed E-state index contributed by atoms with van der Waals surface area (Å²) in [5.41, 5.74) is 7.93. The number of aliphatic hydroxyl groups excluding tert-OH is 1. The van der Waals surface area contributed by atoms with Crippen molar-refractivity contribution in [1.82, 2.24) is 4.98 Å². The van der Waals surface area contributed by atoms with Crippen molar-refractivity contribution in [1.29, 1.82) is 0 Å². The van der Waals surface area contributed by atoms with Crippen molar-refractivity contribution in [2.24, 2.45) is 5.92 Å². The maximum atomic E-state index is 9.47. The van der Waals surface area contributed by atoms with Gasteiger partial charge in [-0.05, 0) is 49.8 Å². The van der Waals surface area contributed by atoms with Crippen molar-refractivity contribution in [2.45, 2.75) is 31.8 Å². The predicted molar refractivity (Wildman–Crippen MR) is 74.9 cm³/mol. The third-order valence-corrected chi connectivity index (χ3v) is 3.77. The largest absolute Gasteiger partial charge is 0.424 e. The van der Waals surface area contributed by atoms with E-state index in [1.54, 1.807) is 12.1 Å². The summed E-state index contributed by atoms with van der Waals surface area (Å²) in [5, 5.41) is 12.7. The van der Waals surface area contributed by atoms with E-state index in [9.17, 15) is 5.11 Å². The molecule has 1 aromatic carbocycles. The van der Waals surface area contributed by atoms with Crippen molar-refractivity contribution in [2.75, 3.05) is 17.6 Å². The van der Waals surface area contributed by atoms with Crippen LogP contribution in [0.5, 0.6) is 0 Å². The minimum absolute atomic E-state index is 0.108. The first kappa shape index (κ1) is 12.3. The fraction of sp³-hybridized carbons (Fsp3) is 0.500. The number of nitrogens with two attached hydrogens (primary N) is 1. The molecule has 0 amide bonds. The second-order valence-corrected chi connectivity index (χ2v) is 5.30. The van der Waals surface area contributed by atoms with Gasteiger partial charge in [-0.15, -0.1) is 0 Å². The molecule has 2 aromatic rings. The molecule has 0 aliphatic heterocycles. The van der Waals surface area contributed by atoms with E-state index < -0.39 is 0 Å². The van der Waals surface area contributed by atoms with Gasteiger partial charge >= 0.3 is 0 Å². The predicted octanol–water partition coefficient (Wildman–Crippen LogP) is 2.37. The van der Waals surface area contributed by atoms with Gasteiger partial charge in [0.05, 0.1) is 6.10 Å². The van der Waals surface area contributed by atoms with Gasteiger partial charge in [0.2, 0.25) is 0 Å². The molecule has 0 atom stereocenters. The van der Waals surface area contributed by atoms with Crippen molar-refractivity contribution < 1.29 is 9.52 Å². The SMILES string of the molecule is Nc1ccc2oc(NCC3CCC(O)CC3)nc2c1. The fourth-order valence-electron chi connectivity index (χ4n) is 2.60. The number of benzene rings is 1. The Hall–Kier alpha value is -1.75. The molecule has 1 aliphatic rings. The number of oxazole rings is 1. The van der Waals surface area contributed by atoms with Crippen LogP contribution in [-0.2, 0) is 0 Å². The number of rotatable bonds is 3. The van der Waals surface area contributed by atoms with Crippen LogP contribution < -0.4 is 11.1 Å². The maximum Gasteiger partial charge on any atom is 0.295 e. The number of fused-ring (bicyclic) bond motifs is 1. The number of nitrogens with zero attached hydrogens (tertiary/aromatic N) is 1. The van der Waals surface area contributed by atoms with E-state index >= 15 is 0 Å². The molecule has 5 heteroatoms. The van der Waals surface area contributed by atoms with E-state index in [0.717, 1.165) is 43.3 Å². The Bertz CT molecular complexity index is 559. The van der Waals surface area contributed by atoms with Crippen LogP contribution in [0, 0.1) is 5.92 Å². The highest BCUT2D eigenvalue weighted by Crippen LogP contribution is 2.25. The van der Waals surface area contributed by atoms with Crippen molar-refractivity contribution in [3.8, 4) is 0 Å². The van der Waals surface area contributed by atoms with Crippen LogP contribution >= 0.6 is 0 Å². The summed E-state index contributed by atoms with van der Waals surface area (Å²) >= 11 is 0. The molecule has 5 nitrogen and oxygen atoms in total. The highest BCUT2D eigenvalue weighted by Gasteiger charge is 2.19. The average Bonchev–Trinajstić information content (AvgIpc) is 2.80. The van der Waals surface area contributed by atoms with E-state index in [-0.39, 0.29) is 6.10 Å². The van der Waals surface area contributed by atoms with Gasteiger partial charge in [-0.3, -0.25) is 0 Å². The summed E-state index contributed by atoms with van der Waals surface area (Å²) in [6, 6.07) is 5.99. The summed E-state index contributed by atoms with van der Waals surface area (Å²) in [7, 11) is 0. The van der Waals surface area contributed by atoms with E-state index in [0.29, 0.717) is 17.6 Å². The van der Waals surface area contributed by atoms with Gasteiger partial charge in [-0.25, -0.2) is 0 Å². The van der Waals surface area contributed by atoms with Crippen LogP contribution in [0.1, 0.15) is 25.7 Å². The molecule has 0 spiro atoms. The molecule has 0 unspecified atom stereocenters. The molecule has 3 rings (SSSR count). The molecule has 0 bridgehead atoms. The standard InChI is InChI=1S/C14H19N3O2/c15-10-3-6-13-12(7-10)17-14(19-13)16-8-9-1-4-11(18)5-2-9/h3,6-7,9,11,18H,1-2,4-5,8,15H2,(H,16,17). The van der Waals surface area contributed by atoms with E-state index in [1.807, 2.05) is 6.07 Å². The Kier molecular flexibility index (Phi) is 3.29. The molecule has 1 aromatic heterocycles. The molecular weight excluding hydrogens is 242 g/mol. The number of aromatic nitrogens is 1. The average molecular weight is 261 g/mol. The van der Waals surface area contributed by atoms with Crippen LogP contribution in [0.4, 0.5) is 11.7 Å². The van der Waals surface area contributed by atoms with Crippen LogP contribution in [0.3, 0.4) is 0 Å². The summed E-state index contributed by atoms with van der Waals surface area (Å²) < 4.78 is 5.61. The number of nitrogens with one attached hydrogen (secondary N) is 1. The summed E-state index contributed by atoms with van der Waals surface area (Å²) in [6.45, 7) is 0.842. The molecule has 102 valence electrons. The Labute approximate surface area is 111 Å². The topological polar surface area (TPSA) is 84.3 Å². The zero-order valence-corrected chi connectivity index (χ0v) is 10.8. The van der Waals surface area contributed by atoms with Gasteiger partial charge in [-0.2, -0.15) is 4.98 Å². The molecule has 1 aliphatic carbocycles. The molecule has 4 N–H and O–H groups in total.